The number of hydrogen-bond donors (Lipinski definition) is 0. The van der Waals surface area contributed by atoms with Crippen molar-refractivity contribution in [3.63, 3.8) is 0 Å². The van der Waals surface area contributed by atoms with Gasteiger partial charge in [0.05, 0.1) is 0 Å². The summed E-state index contributed by atoms with van der Waals surface area (Å²) in [5.74, 6) is 0. The summed E-state index contributed by atoms with van der Waals surface area (Å²) in [5, 5.41) is 0. The van der Waals surface area contributed by atoms with Crippen molar-refractivity contribution >= 4 is 37.7 Å². The van der Waals surface area contributed by atoms with Crippen LogP contribution in [-0.4, -0.2) is 76.1 Å². The Hall–Kier alpha value is 1.56. The minimum Gasteiger partial charge on any atom is -0.870 e. The SMILES string of the molecule is [Ca+2].[OH-].[OH-].[OH-].[OH-].[OH-].[OH-].[OH-].[V+5]. The van der Waals surface area contributed by atoms with Gasteiger partial charge < -0.3 is 38.3 Å². The van der Waals surface area contributed by atoms with Crippen LogP contribution in [-0.2, 0) is 18.6 Å². The zero-order valence-electron chi connectivity index (χ0n) is 4.28. The summed E-state index contributed by atoms with van der Waals surface area (Å²) in [6, 6.07) is 0. The van der Waals surface area contributed by atoms with Crippen LogP contribution < -0.4 is 0 Å². The molecule has 0 aliphatic carbocycles. The van der Waals surface area contributed by atoms with Crippen LogP contribution >= 0.6 is 0 Å². The van der Waals surface area contributed by atoms with Crippen molar-refractivity contribution in [1.29, 1.82) is 0 Å². The zero-order valence-corrected chi connectivity index (χ0v) is 7.89. The molecule has 9 heteroatoms. The Morgan fingerprint density at radius 1 is 0.333 bits per heavy atom. The molecule has 0 unspecified atom stereocenters. The molecule has 0 fully saturated rings. The molecule has 0 spiro atoms. The minimum absolute atomic E-state index is 0. The predicted molar refractivity (Wildman–Crippen MR) is 19.3 cm³/mol. The molecule has 0 aromatic heterocycles. The molecule has 56 valence electrons. The summed E-state index contributed by atoms with van der Waals surface area (Å²) in [4.78, 5) is 0. The van der Waals surface area contributed by atoms with Crippen LogP contribution in [0.4, 0.5) is 0 Å². The molecule has 0 rings (SSSR count). The van der Waals surface area contributed by atoms with Crippen molar-refractivity contribution in [3.8, 4) is 0 Å². The predicted octanol–water partition coefficient (Wildman–Crippen LogP) is -1.62. The number of hydrogen-bond acceptors (Lipinski definition) is 7. The smallest absolute Gasteiger partial charge is 0.870 e. The Kier molecular flexibility index (Phi) is 12600. The first-order valence-electron chi connectivity index (χ1n) is 0. The third-order valence-electron chi connectivity index (χ3n) is 0. The van der Waals surface area contributed by atoms with Crippen molar-refractivity contribution < 1.29 is 56.9 Å². The topological polar surface area (TPSA) is 210 Å². The van der Waals surface area contributed by atoms with Gasteiger partial charge in [0.15, 0.2) is 0 Å². The second-order valence-electron chi connectivity index (χ2n) is 0. The van der Waals surface area contributed by atoms with Crippen molar-refractivity contribution in [1.82, 2.24) is 0 Å². The van der Waals surface area contributed by atoms with Gasteiger partial charge in [0, 0.05) is 0 Å². The van der Waals surface area contributed by atoms with E-state index in [0.717, 1.165) is 0 Å². The van der Waals surface area contributed by atoms with Gasteiger partial charge >= 0.3 is 56.3 Å². The van der Waals surface area contributed by atoms with Crippen LogP contribution in [0, 0.1) is 0 Å². The Morgan fingerprint density at radius 3 is 0.333 bits per heavy atom. The van der Waals surface area contributed by atoms with Gasteiger partial charge in [-0.15, -0.1) is 0 Å². The molecule has 7 nitrogen and oxygen atoms in total. The van der Waals surface area contributed by atoms with Crippen LogP contribution in [0.25, 0.3) is 0 Å². The Bertz CT molecular complexity index is 8.88. The Labute approximate surface area is 93.9 Å². The van der Waals surface area contributed by atoms with Crippen LogP contribution in [0.15, 0.2) is 0 Å². The summed E-state index contributed by atoms with van der Waals surface area (Å²) >= 11 is 0. The van der Waals surface area contributed by atoms with Crippen molar-refractivity contribution in [2.75, 3.05) is 0 Å². The maximum Gasteiger partial charge on any atom is 5.00 e. The fraction of sp³-hybridized carbons (Fsp3) is 0. The van der Waals surface area contributed by atoms with E-state index in [0.29, 0.717) is 0 Å². The molecule has 0 radical (unpaired) electrons. The minimum atomic E-state index is 0. The van der Waals surface area contributed by atoms with Crippen molar-refractivity contribution in [2.24, 2.45) is 0 Å². The molecule has 0 heterocycles. The second-order valence-corrected chi connectivity index (χ2v) is 0. The van der Waals surface area contributed by atoms with Crippen molar-refractivity contribution in [2.45, 2.75) is 0 Å². The van der Waals surface area contributed by atoms with Gasteiger partial charge in [-0.25, -0.2) is 0 Å². The molecular weight excluding hydrogens is 203 g/mol. The third kappa shape index (κ3) is 224. The van der Waals surface area contributed by atoms with Gasteiger partial charge in [0.25, 0.3) is 0 Å². The number of rotatable bonds is 0. The molecule has 0 amide bonds. The molecule has 9 heavy (non-hydrogen) atoms. The fourth-order valence-electron chi connectivity index (χ4n) is 0. The fourth-order valence-corrected chi connectivity index (χ4v) is 0. The van der Waals surface area contributed by atoms with Gasteiger partial charge in [-0.05, 0) is 0 Å². The molecule has 0 atom stereocenters. The second kappa shape index (κ2) is 287. The van der Waals surface area contributed by atoms with Crippen molar-refractivity contribution in [3.05, 3.63) is 0 Å². The summed E-state index contributed by atoms with van der Waals surface area (Å²) < 4.78 is 0. The monoisotopic (exact) mass is 210 g/mol. The molecular formula is H7CaO7V. The van der Waals surface area contributed by atoms with Crippen LogP contribution in [0.5, 0.6) is 0 Å². The summed E-state index contributed by atoms with van der Waals surface area (Å²) in [6.07, 6.45) is 0. The first-order valence-corrected chi connectivity index (χ1v) is 0. The van der Waals surface area contributed by atoms with Crippen LogP contribution in [0.3, 0.4) is 0 Å². The van der Waals surface area contributed by atoms with E-state index in [1.165, 1.54) is 0 Å². The average molecular weight is 210 g/mol. The van der Waals surface area contributed by atoms with E-state index in [1.807, 2.05) is 0 Å². The zero-order chi connectivity index (χ0) is 0. The Balaban J connectivity index is 0. The van der Waals surface area contributed by atoms with E-state index in [9.17, 15) is 0 Å². The summed E-state index contributed by atoms with van der Waals surface area (Å²) in [6.45, 7) is 0. The quantitative estimate of drug-likeness (QED) is 0.425. The van der Waals surface area contributed by atoms with Gasteiger partial charge in [-0.1, -0.05) is 0 Å². The maximum atomic E-state index is 0. The van der Waals surface area contributed by atoms with E-state index in [4.69, 9.17) is 0 Å². The standard InChI is InChI=1S/Ca.7H2O.V/h;7*1H2;/q+2;;;;;;;;+5/p-7. The average Bonchev–Trinajstić information content (AvgIpc) is 0. The molecule has 0 aromatic carbocycles. The molecule has 0 aliphatic rings. The largest absolute Gasteiger partial charge is 5.00 e. The normalized spacial score (nSPS) is 0. The van der Waals surface area contributed by atoms with Gasteiger partial charge in [0.1, 0.15) is 0 Å². The molecule has 7 N–H and O–H groups in total. The van der Waals surface area contributed by atoms with E-state index < -0.39 is 0 Å². The van der Waals surface area contributed by atoms with E-state index >= 15 is 0 Å². The first kappa shape index (κ1) is 395. The molecule has 0 aliphatic heterocycles. The first-order chi connectivity index (χ1) is 0. The molecule has 0 aromatic rings. The molecule has 0 bridgehead atoms. The van der Waals surface area contributed by atoms with Crippen LogP contribution in [0.1, 0.15) is 0 Å². The van der Waals surface area contributed by atoms with E-state index in [2.05, 4.69) is 0 Å². The molecule has 0 saturated heterocycles. The maximum absolute atomic E-state index is 0. The Morgan fingerprint density at radius 2 is 0.333 bits per heavy atom. The van der Waals surface area contributed by atoms with Gasteiger partial charge in [-0.3, -0.25) is 0 Å². The summed E-state index contributed by atoms with van der Waals surface area (Å²) in [5.41, 5.74) is 0. The van der Waals surface area contributed by atoms with Gasteiger partial charge in [-0.2, -0.15) is 0 Å². The van der Waals surface area contributed by atoms with Gasteiger partial charge in [0.2, 0.25) is 0 Å². The van der Waals surface area contributed by atoms with E-state index in [-0.39, 0.29) is 94.6 Å². The third-order valence-corrected chi connectivity index (χ3v) is 0. The van der Waals surface area contributed by atoms with E-state index in [1.54, 1.807) is 0 Å². The van der Waals surface area contributed by atoms with Crippen LogP contribution in [0.2, 0.25) is 0 Å². The summed E-state index contributed by atoms with van der Waals surface area (Å²) in [7, 11) is 0. The molecule has 0 saturated carbocycles.